The number of imidazole rings is 1. The van der Waals surface area contributed by atoms with Crippen molar-refractivity contribution in [1.29, 1.82) is 0 Å². The fourth-order valence-corrected chi connectivity index (χ4v) is 1.94. The first-order valence-electron chi connectivity index (χ1n) is 6.45. The lowest BCUT2D eigenvalue weighted by atomic mass is 10.1. The molecule has 23 heavy (non-hydrogen) atoms. The highest BCUT2D eigenvalue weighted by Crippen LogP contribution is 2.32. The third kappa shape index (κ3) is 3.41. The molecule has 0 spiro atoms. The maximum atomic E-state index is 14.2. The fourth-order valence-electron chi connectivity index (χ4n) is 1.94. The zero-order chi connectivity index (χ0) is 17.2. The van der Waals surface area contributed by atoms with Gasteiger partial charge < -0.3 is 9.30 Å². The zero-order valence-electron chi connectivity index (χ0n) is 12.2. The first kappa shape index (κ1) is 16.7. The summed E-state index contributed by atoms with van der Waals surface area (Å²) in [5.74, 6) is -1.84. The number of methoxy groups -OCH3 is 1. The highest BCUT2D eigenvalue weighted by atomic mass is 19.4. The van der Waals surface area contributed by atoms with Gasteiger partial charge in [0, 0.05) is 12.4 Å². The average molecular weight is 328 g/mol. The second kappa shape index (κ2) is 6.23. The van der Waals surface area contributed by atoms with Crippen molar-refractivity contribution in [1.82, 2.24) is 9.55 Å². The number of hydrogen-bond donors (Lipinski definition) is 0. The van der Waals surface area contributed by atoms with Gasteiger partial charge in [-0.05, 0) is 25.1 Å². The summed E-state index contributed by atoms with van der Waals surface area (Å²) in [6.07, 6.45) is -1.07. The Hall–Kier alpha value is -2.64. The predicted octanol–water partition coefficient (Wildman–Crippen LogP) is 3.99. The summed E-state index contributed by atoms with van der Waals surface area (Å²) >= 11 is 0. The minimum absolute atomic E-state index is 0.0473. The first-order chi connectivity index (χ1) is 10.8. The number of benzene rings is 1. The molecule has 8 heteroatoms. The zero-order valence-corrected chi connectivity index (χ0v) is 12.2. The highest BCUT2D eigenvalue weighted by Gasteiger charge is 2.35. The molecule has 0 aliphatic heterocycles. The van der Waals surface area contributed by atoms with E-state index in [1.165, 1.54) is 24.4 Å². The molecule has 1 heterocycles. The van der Waals surface area contributed by atoms with Crippen LogP contribution in [0, 0.1) is 5.82 Å². The normalized spacial score (nSPS) is 11.9. The van der Waals surface area contributed by atoms with Crippen LogP contribution in [0.5, 0.6) is 0 Å². The third-order valence-corrected chi connectivity index (χ3v) is 2.96. The number of aromatic nitrogens is 2. The Kier molecular flexibility index (Phi) is 4.53. The van der Waals surface area contributed by atoms with Crippen molar-refractivity contribution in [3.05, 3.63) is 47.5 Å². The molecule has 0 saturated heterocycles. The van der Waals surface area contributed by atoms with Crippen molar-refractivity contribution in [3.8, 4) is 11.4 Å². The van der Waals surface area contributed by atoms with Crippen LogP contribution in [0.25, 0.3) is 17.6 Å². The maximum absolute atomic E-state index is 14.2. The van der Waals surface area contributed by atoms with Crippen molar-refractivity contribution in [2.45, 2.75) is 13.1 Å². The van der Waals surface area contributed by atoms with Crippen molar-refractivity contribution in [2.24, 2.45) is 0 Å². The minimum Gasteiger partial charge on any atom is -0.465 e. The van der Waals surface area contributed by atoms with Gasteiger partial charge >= 0.3 is 12.1 Å². The molecule has 0 amide bonds. The molecular weight excluding hydrogens is 316 g/mol. The van der Waals surface area contributed by atoms with E-state index in [4.69, 9.17) is 0 Å². The Bertz CT molecular complexity index is 763. The highest BCUT2D eigenvalue weighted by molar-refractivity contribution is 5.89. The van der Waals surface area contributed by atoms with E-state index in [0.717, 1.165) is 23.9 Å². The molecule has 122 valence electrons. The van der Waals surface area contributed by atoms with Gasteiger partial charge in [0.05, 0.1) is 18.2 Å². The maximum Gasteiger partial charge on any atom is 0.434 e. The van der Waals surface area contributed by atoms with Crippen LogP contribution in [0.3, 0.4) is 0 Å². The van der Waals surface area contributed by atoms with Gasteiger partial charge in [-0.25, -0.2) is 14.2 Å². The van der Waals surface area contributed by atoms with Gasteiger partial charge in [-0.15, -0.1) is 0 Å². The number of halogens is 4. The number of rotatable bonds is 3. The molecule has 2 rings (SSSR count). The Labute approximate surface area is 129 Å². The largest absolute Gasteiger partial charge is 0.465 e. The van der Waals surface area contributed by atoms with Crippen LogP contribution in [0.15, 0.2) is 30.5 Å². The summed E-state index contributed by atoms with van der Waals surface area (Å²) in [6.45, 7) is 1.60. The van der Waals surface area contributed by atoms with Crippen LogP contribution in [-0.4, -0.2) is 22.6 Å². The molecule has 0 aliphatic rings. The molecule has 0 bridgehead atoms. The summed E-state index contributed by atoms with van der Waals surface area (Å²) in [5, 5.41) is 0. The summed E-state index contributed by atoms with van der Waals surface area (Å²) in [7, 11) is 1.14. The molecule has 2 aromatic rings. The van der Waals surface area contributed by atoms with E-state index in [-0.39, 0.29) is 17.0 Å². The van der Waals surface area contributed by atoms with E-state index in [0.29, 0.717) is 0 Å². The van der Waals surface area contributed by atoms with Crippen LogP contribution in [0.2, 0.25) is 0 Å². The van der Waals surface area contributed by atoms with Crippen LogP contribution < -0.4 is 0 Å². The molecule has 0 saturated carbocycles. The molecule has 0 atom stereocenters. The molecule has 1 aromatic carbocycles. The van der Waals surface area contributed by atoms with E-state index < -0.39 is 23.7 Å². The second-order valence-electron chi connectivity index (χ2n) is 4.52. The van der Waals surface area contributed by atoms with E-state index in [9.17, 15) is 22.4 Å². The molecule has 0 radical (unpaired) electrons. The van der Waals surface area contributed by atoms with Gasteiger partial charge in [0.1, 0.15) is 11.6 Å². The Morgan fingerprint density at radius 3 is 2.57 bits per heavy atom. The number of nitrogens with zero attached hydrogens (tertiary/aromatic N) is 2. The number of hydrogen-bond acceptors (Lipinski definition) is 3. The number of alkyl halides is 3. The smallest absolute Gasteiger partial charge is 0.434 e. The van der Waals surface area contributed by atoms with E-state index in [2.05, 4.69) is 9.72 Å². The topological polar surface area (TPSA) is 44.1 Å². The van der Waals surface area contributed by atoms with Gasteiger partial charge in [0.25, 0.3) is 0 Å². The number of carbonyl (C=O) groups excluding carboxylic acids is 1. The second-order valence-corrected chi connectivity index (χ2v) is 4.52. The number of esters is 1. The SMILES string of the molecule is CC=Cn1cc(C(F)(F)F)nc1-c1ccc(C(=O)OC)cc1F. The predicted molar refractivity (Wildman–Crippen MR) is 75.0 cm³/mol. The van der Waals surface area contributed by atoms with E-state index in [1.54, 1.807) is 6.92 Å². The lowest BCUT2D eigenvalue weighted by Gasteiger charge is -2.06. The molecule has 4 nitrogen and oxygen atoms in total. The molecule has 0 aliphatic carbocycles. The van der Waals surface area contributed by atoms with Crippen LogP contribution in [0.1, 0.15) is 23.0 Å². The standard InChI is InChI=1S/C15H12F4N2O2/c1-3-6-21-8-12(15(17,18)19)20-13(21)10-5-4-9(7-11(10)16)14(22)23-2/h3-8H,1-2H3. The van der Waals surface area contributed by atoms with Gasteiger partial charge in [0.2, 0.25) is 0 Å². The van der Waals surface area contributed by atoms with Gasteiger partial charge in [-0.3, -0.25) is 0 Å². The Balaban J connectivity index is 2.57. The molecular formula is C15H12F4N2O2. The van der Waals surface area contributed by atoms with Gasteiger partial charge in [-0.1, -0.05) is 6.08 Å². The third-order valence-electron chi connectivity index (χ3n) is 2.96. The Morgan fingerprint density at radius 1 is 1.35 bits per heavy atom. The molecule has 0 unspecified atom stereocenters. The molecule has 0 fully saturated rings. The summed E-state index contributed by atoms with van der Waals surface area (Å²) in [4.78, 5) is 14.8. The minimum atomic E-state index is -4.65. The lowest BCUT2D eigenvalue weighted by molar-refractivity contribution is -0.140. The quantitative estimate of drug-likeness (QED) is 0.632. The van der Waals surface area contributed by atoms with Crippen molar-refractivity contribution >= 4 is 12.2 Å². The number of carbonyl (C=O) groups is 1. The number of allylic oxidation sites excluding steroid dienone is 1. The van der Waals surface area contributed by atoms with E-state index >= 15 is 0 Å². The molecule has 0 N–H and O–H groups in total. The Morgan fingerprint density at radius 2 is 2.04 bits per heavy atom. The van der Waals surface area contributed by atoms with Crippen LogP contribution in [-0.2, 0) is 10.9 Å². The first-order valence-corrected chi connectivity index (χ1v) is 6.45. The van der Waals surface area contributed by atoms with Gasteiger partial charge in [-0.2, -0.15) is 13.2 Å². The van der Waals surface area contributed by atoms with Gasteiger partial charge in [0.15, 0.2) is 5.69 Å². The monoisotopic (exact) mass is 328 g/mol. The van der Waals surface area contributed by atoms with Crippen molar-refractivity contribution in [2.75, 3.05) is 7.11 Å². The van der Waals surface area contributed by atoms with Crippen molar-refractivity contribution < 1.29 is 27.1 Å². The molecule has 1 aromatic heterocycles. The fraction of sp³-hybridized carbons (Fsp3) is 0.200. The average Bonchev–Trinajstić information content (AvgIpc) is 2.90. The summed E-state index contributed by atoms with van der Waals surface area (Å²) < 4.78 is 58.1. The van der Waals surface area contributed by atoms with Crippen LogP contribution >= 0.6 is 0 Å². The van der Waals surface area contributed by atoms with Crippen molar-refractivity contribution in [3.63, 3.8) is 0 Å². The number of ether oxygens (including phenoxy) is 1. The van der Waals surface area contributed by atoms with E-state index in [1.807, 2.05) is 0 Å². The van der Waals surface area contributed by atoms with Crippen LogP contribution in [0.4, 0.5) is 17.6 Å². The summed E-state index contributed by atoms with van der Waals surface area (Å²) in [6, 6.07) is 3.33. The summed E-state index contributed by atoms with van der Waals surface area (Å²) in [5.41, 5.74) is -1.35. The lowest BCUT2D eigenvalue weighted by Crippen LogP contribution is -2.05.